The lowest BCUT2D eigenvalue weighted by Gasteiger charge is -2.10. The van der Waals surface area contributed by atoms with E-state index in [9.17, 15) is 0 Å². The van der Waals surface area contributed by atoms with Crippen LogP contribution in [-0.4, -0.2) is 0 Å². The van der Waals surface area contributed by atoms with Gasteiger partial charge in [0.2, 0.25) is 0 Å². The third-order valence-corrected chi connectivity index (χ3v) is 3.79. The van der Waals surface area contributed by atoms with Crippen molar-refractivity contribution in [3.8, 4) is 0 Å². The monoisotopic (exact) mass is 268 g/mol. The molecule has 1 unspecified atom stereocenters. The van der Waals surface area contributed by atoms with Crippen LogP contribution in [0, 0.1) is 6.92 Å². The van der Waals surface area contributed by atoms with Crippen LogP contribution < -0.4 is 0 Å². The largest absolute Gasteiger partial charge is 0.153 e. The maximum atomic E-state index is 2.32. The Bertz CT molecular complexity index is 726. The van der Waals surface area contributed by atoms with Gasteiger partial charge in [0.1, 0.15) is 0 Å². The molecular formula is C18H21P. The van der Waals surface area contributed by atoms with Crippen LogP contribution in [0.5, 0.6) is 0 Å². The van der Waals surface area contributed by atoms with E-state index in [2.05, 4.69) is 69.3 Å². The van der Waals surface area contributed by atoms with E-state index in [0.717, 1.165) is 0 Å². The van der Waals surface area contributed by atoms with E-state index in [1.807, 2.05) is 0 Å². The summed E-state index contributed by atoms with van der Waals surface area (Å²) < 4.78 is 0. The van der Waals surface area contributed by atoms with Crippen molar-refractivity contribution in [2.45, 2.75) is 26.7 Å². The fourth-order valence-corrected chi connectivity index (χ4v) is 2.63. The molecule has 1 atom stereocenters. The van der Waals surface area contributed by atoms with Crippen molar-refractivity contribution in [3.63, 3.8) is 0 Å². The van der Waals surface area contributed by atoms with Gasteiger partial charge in [-0.2, -0.15) is 9.90 Å². The van der Waals surface area contributed by atoms with Crippen molar-refractivity contribution in [2.75, 3.05) is 0 Å². The third-order valence-electron chi connectivity index (χ3n) is 3.79. The van der Waals surface area contributed by atoms with Crippen molar-refractivity contribution in [1.29, 1.82) is 0 Å². The summed E-state index contributed by atoms with van der Waals surface area (Å²) in [5, 5.41) is 5.44. The minimum atomic E-state index is 0. The second-order valence-electron chi connectivity index (χ2n) is 5.37. The highest BCUT2D eigenvalue weighted by Gasteiger charge is 2.04. The maximum Gasteiger partial charge on any atom is -0.0103 e. The van der Waals surface area contributed by atoms with Gasteiger partial charge in [0.25, 0.3) is 0 Å². The quantitative estimate of drug-likeness (QED) is 0.405. The van der Waals surface area contributed by atoms with E-state index in [1.165, 1.54) is 32.7 Å². The standard InChI is InChI=1S/C18H18.H3P/c1-12(2)14-7-10-17-15(11-14)8-9-16-13(3)5-4-6-18(16)17;/h4-12H,1-3H3;1H3. The molecule has 0 saturated heterocycles. The van der Waals surface area contributed by atoms with Crippen molar-refractivity contribution < 1.29 is 0 Å². The van der Waals surface area contributed by atoms with Gasteiger partial charge in [-0.15, -0.1) is 0 Å². The Hall–Kier alpha value is -1.39. The lowest BCUT2D eigenvalue weighted by atomic mass is 9.95. The van der Waals surface area contributed by atoms with Gasteiger partial charge in [-0.3, -0.25) is 0 Å². The molecule has 0 amide bonds. The molecule has 0 fully saturated rings. The molecule has 0 aliphatic carbocycles. The van der Waals surface area contributed by atoms with Crippen molar-refractivity contribution in [3.05, 3.63) is 59.7 Å². The first-order valence-corrected chi connectivity index (χ1v) is 6.59. The minimum Gasteiger partial charge on any atom is -0.153 e. The van der Waals surface area contributed by atoms with E-state index in [0.29, 0.717) is 5.92 Å². The van der Waals surface area contributed by atoms with E-state index in [1.54, 1.807) is 0 Å². The first-order chi connectivity index (χ1) is 8.66. The Morgan fingerprint density at radius 2 is 1.53 bits per heavy atom. The number of benzene rings is 3. The Morgan fingerprint density at radius 3 is 2.26 bits per heavy atom. The van der Waals surface area contributed by atoms with Gasteiger partial charge in [-0.1, -0.05) is 62.4 Å². The highest BCUT2D eigenvalue weighted by atomic mass is 31.0. The molecule has 98 valence electrons. The molecule has 1 heteroatoms. The van der Waals surface area contributed by atoms with Crippen LogP contribution in [0.15, 0.2) is 48.5 Å². The zero-order chi connectivity index (χ0) is 12.7. The number of hydrogen-bond acceptors (Lipinski definition) is 0. The van der Waals surface area contributed by atoms with Gasteiger partial charge < -0.3 is 0 Å². The van der Waals surface area contributed by atoms with Crippen LogP contribution >= 0.6 is 9.90 Å². The Balaban J connectivity index is 0.00000133. The van der Waals surface area contributed by atoms with Gasteiger partial charge in [-0.05, 0) is 45.5 Å². The van der Waals surface area contributed by atoms with Crippen LogP contribution in [0.4, 0.5) is 0 Å². The molecule has 0 nitrogen and oxygen atoms in total. The van der Waals surface area contributed by atoms with E-state index in [4.69, 9.17) is 0 Å². The number of fused-ring (bicyclic) bond motifs is 3. The fraction of sp³-hybridized carbons (Fsp3) is 0.222. The third kappa shape index (κ3) is 2.38. The number of hydrogen-bond donors (Lipinski definition) is 0. The second-order valence-corrected chi connectivity index (χ2v) is 5.37. The minimum absolute atomic E-state index is 0. The van der Waals surface area contributed by atoms with Crippen LogP contribution in [-0.2, 0) is 0 Å². The summed E-state index contributed by atoms with van der Waals surface area (Å²) >= 11 is 0. The van der Waals surface area contributed by atoms with Gasteiger partial charge >= 0.3 is 0 Å². The first kappa shape index (κ1) is 14.0. The maximum absolute atomic E-state index is 2.32. The van der Waals surface area contributed by atoms with Gasteiger partial charge in [0.05, 0.1) is 0 Å². The number of rotatable bonds is 1. The molecule has 0 spiro atoms. The average Bonchev–Trinajstić information content (AvgIpc) is 2.38. The summed E-state index contributed by atoms with van der Waals surface area (Å²) in [7, 11) is 0. The molecule has 3 aromatic carbocycles. The normalized spacial score (nSPS) is 10.9. The lowest BCUT2D eigenvalue weighted by Crippen LogP contribution is -1.87. The van der Waals surface area contributed by atoms with Crippen molar-refractivity contribution >= 4 is 31.4 Å². The predicted octanol–water partition coefficient (Wildman–Crippen LogP) is 5.48. The fourth-order valence-electron chi connectivity index (χ4n) is 2.63. The summed E-state index contributed by atoms with van der Waals surface area (Å²) in [6.45, 7) is 6.66. The Kier molecular flexibility index (Phi) is 3.92. The SMILES string of the molecule is Cc1cccc2c1ccc1cc(C(C)C)ccc12.P. The molecule has 0 N–H and O–H groups in total. The van der Waals surface area contributed by atoms with Gasteiger partial charge in [-0.25, -0.2) is 0 Å². The van der Waals surface area contributed by atoms with Gasteiger partial charge in [0, 0.05) is 0 Å². The average molecular weight is 268 g/mol. The van der Waals surface area contributed by atoms with E-state index in [-0.39, 0.29) is 9.90 Å². The molecule has 19 heavy (non-hydrogen) atoms. The summed E-state index contributed by atoms with van der Waals surface area (Å²) in [6.07, 6.45) is 0. The Morgan fingerprint density at radius 1 is 0.789 bits per heavy atom. The van der Waals surface area contributed by atoms with E-state index >= 15 is 0 Å². The molecule has 0 saturated carbocycles. The first-order valence-electron chi connectivity index (χ1n) is 6.59. The highest BCUT2D eigenvalue weighted by molar-refractivity contribution is 6.92. The molecule has 3 rings (SSSR count). The van der Waals surface area contributed by atoms with Crippen LogP contribution in [0.25, 0.3) is 21.5 Å². The van der Waals surface area contributed by atoms with Crippen LogP contribution in [0.3, 0.4) is 0 Å². The zero-order valence-electron chi connectivity index (χ0n) is 11.9. The molecule has 0 bridgehead atoms. The molecule has 3 aromatic rings. The lowest BCUT2D eigenvalue weighted by molar-refractivity contribution is 0.869. The second kappa shape index (κ2) is 5.31. The predicted molar refractivity (Wildman–Crippen MR) is 91.4 cm³/mol. The molecule has 0 aliphatic heterocycles. The summed E-state index contributed by atoms with van der Waals surface area (Å²) in [4.78, 5) is 0. The molecular weight excluding hydrogens is 247 g/mol. The Labute approximate surface area is 118 Å². The number of aryl methyl sites for hydroxylation is 1. The molecule has 0 aliphatic rings. The highest BCUT2D eigenvalue weighted by Crippen LogP contribution is 2.29. The summed E-state index contributed by atoms with van der Waals surface area (Å²) in [5.41, 5.74) is 2.76. The smallest absolute Gasteiger partial charge is 0.0103 e. The molecule has 0 aromatic heterocycles. The van der Waals surface area contributed by atoms with Crippen LogP contribution in [0.2, 0.25) is 0 Å². The van der Waals surface area contributed by atoms with Gasteiger partial charge in [0.15, 0.2) is 0 Å². The summed E-state index contributed by atoms with van der Waals surface area (Å²) in [5.74, 6) is 0.586. The van der Waals surface area contributed by atoms with Crippen LogP contribution in [0.1, 0.15) is 30.9 Å². The zero-order valence-corrected chi connectivity index (χ0v) is 13.3. The van der Waals surface area contributed by atoms with Crippen molar-refractivity contribution in [1.82, 2.24) is 0 Å². The van der Waals surface area contributed by atoms with E-state index < -0.39 is 0 Å². The van der Waals surface area contributed by atoms with Crippen molar-refractivity contribution in [2.24, 2.45) is 0 Å². The molecule has 0 heterocycles. The topological polar surface area (TPSA) is 0 Å². The molecule has 0 radical (unpaired) electrons. The summed E-state index contributed by atoms with van der Waals surface area (Å²) in [6, 6.07) is 17.9.